The number of aromatic nitrogens is 1. The monoisotopic (exact) mass is 356 g/mol. The van der Waals surface area contributed by atoms with Gasteiger partial charge in [-0.05, 0) is 42.4 Å². The van der Waals surface area contributed by atoms with Crippen molar-refractivity contribution in [1.82, 2.24) is 4.98 Å². The molecule has 1 aromatic carbocycles. The summed E-state index contributed by atoms with van der Waals surface area (Å²) in [4.78, 5) is 41.2. The summed E-state index contributed by atoms with van der Waals surface area (Å²) in [5, 5.41) is 5.78. The number of ether oxygens (including phenoxy) is 1. The smallest absolute Gasteiger partial charge is 0.307 e. The summed E-state index contributed by atoms with van der Waals surface area (Å²) in [6, 6.07) is 9.74. The molecule has 8 nitrogen and oxygen atoms in total. The van der Waals surface area contributed by atoms with Gasteiger partial charge in [0.15, 0.2) is 0 Å². The Hall–Kier alpha value is -3.29. The molecule has 0 atom stereocenters. The van der Waals surface area contributed by atoms with Crippen LogP contribution >= 0.6 is 0 Å². The van der Waals surface area contributed by atoms with Gasteiger partial charge in [-0.2, -0.15) is 0 Å². The van der Waals surface area contributed by atoms with Crippen molar-refractivity contribution in [1.29, 1.82) is 0 Å². The highest BCUT2D eigenvalue weighted by atomic mass is 16.5. The van der Waals surface area contributed by atoms with Gasteiger partial charge in [0, 0.05) is 25.4 Å². The number of carbonyl (C=O) groups excluding carboxylic acids is 2. The maximum atomic E-state index is 13.0. The fourth-order valence-electron chi connectivity index (χ4n) is 2.38. The molecule has 1 heterocycles. The molecular weight excluding hydrogens is 336 g/mol. The van der Waals surface area contributed by atoms with E-state index in [1.807, 2.05) is 0 Å². The number of benzene rings is 1. The van der Waals surface area contributed by atoms with Crippen LogP contribution in [0.2, 0.25) is 0 Å². The van der Waals surface area contributed by atoms with Crippen LogP contribution in [0.25, 0.3) is 0 Å². The molecule has 136 valence electrons. The van der Waals surface area contributed by atoms with Crippen LogP contribution < -0.4 is 10.2 Å². The van der Waals surface area contributed by atoms with Crippen molar-refractivity contribution in [3.63, 3.8) is 0 Å². The van der Waals surface area contributed by atoms with Gasteiger partial charge in [0.1, 0.15) is 11.5 Å². The summed E-state index contributed by atoms with van der Waals surface area (Å²) in [6.07, 6.45) is 1.59. The second-order valence-corrected chi connectivity index (χ2v) is 5.27. The molecule has 1 amide bonds. The van der Waals surface area contributed by atoms with Crippen molar-refractivity contribution < 1.29 is 14.3 Å². The molecule has 2 rings (SSSR count). The van der Waals surface area contributed by atoms with Crippen LogP contribution in [-0.2, 0) is 9.53 Å². The molecule has 0 radical (unpaired) electrons. The Morgan fingerprint density at radius 1 is 1.27 bits per heavy atom. The van der Waals surface area contributed by atoms with Crippen molar-refractivity contribution in [2.45, 2.75) is 13.3 Å². The van der Waals surface area contributed by atoms with Crippen LogP contribution in [0.1, 0.15) is 23.7 Å². The quantitative estimate of drug-likeness (QED) is 0.576. The fourth-order valence-corrected chi connectivity index (χ4v) is 2.38. The van der Waals surface area contributed by atoms with E-state index < -0.39 is 5.97 Å². The van der Waals surface area contributed by atoms with E-state index in [9.17, 15) is 14.5 Å². The Morgan fingerprint density at radius 3 is 2.69 bits per heavy atom. The second kappa shape index (κ2) is 9.26. The third-order valence-electron chi connectivity index (χ3n) is 3.63. The van der Waals surface area contributed by atoms with Crippen LogP contribution in [0.5, 0.6) is 0 Å². The third kappa shape index (κ3) is 4.62. The number of rotatable bonds is 8. The average Bonchev–Trinajstić information content (AvgIpc) is 2.68. The summed E-state index contributed by atoms with van der Waals surface area (Å²) < 4.78 is 4.92. The molecule has 0 unspecified atom stereocenters. The van der Waals surface area contributed by atoms with Gasteiger partial charge >= 0.3 is 5.97 Å². The van der Waals surface area contributed by atoms with E-state index in [2.05, 4.69) is 15.5 Å². The largest absolute Gasteiger partial charge is 0.466 e. The highest BCUT2D eigenvalue weighted by molar-refractivity contribution is 6.06. The van der Waals surface area contributed by atoms with Crippen LogP contribution in [-0.4, -0.2) is 37.1 Å². The summed E-state index contributed by atoms with van der Waals surface area (Å²) in [5.41, 5.74) is 0.922. The molecule has 0 aliphatic rings. The minimum atomic E-state index is -0.401. The zero-order chi connectivity index (χ0) is 18.9. The van der Waals surface area contributed by atoms with Gasteiger partial charge in [-0.15, -0.1) is 4.91 Å². The molecule has 0 aliphatic carbocycles. The number of amides is 1. The SMILES string of the molecule is CCOC(=O)CCN(C(=O)c1ccc(NC)c(N=O)c1)c1ccccn1. The molecule has 0 saturated heterocycles. The lowest BCUT2D eigenvalue weighted by molar-refractivity contribution is -0.142. The van der Waals surface area contributed by atoms with Crippen molar-refractivity contribution in [2.24, 2.45) is 5.18 Å². The number of nitrogens with one attached hydrogen (secondary N) is 1. The van der Waals surface area contributed by atoms with Crippen LogP contribution in [0.4, 0.5) is 17.2 Å². The Kier molecular flexibility index (Phi) is 6.78. The number of esters is 1. The van der Waals surface area contributed by atoms with Crippen LogP contribution in [0.3, 0.4) is 0 Å². The van der Waals surface area contributed by atoms with Crippen LogP contribution in [0.15, 0.2) is 47.8 Å². The van der Waals surface area contributed by atoms with E-state index in [-0.39, 0.29) is 36.7 Å². The highest BCUT2D eigenvalue weighted by Crippen LogP contribution is 2.27. The molecular formula is C18H20N4O4. The maximum absolute atomic E-state index is 13.0. The van der Waals surface area contributed by atoms with E-state index in [0.717, 1.165) is 0 Å². The predicted molar refractivity (Wildman–Crippen MR) is 98.6 cm³/mol. The first-order valence-electron chi connectivity index (χ1n) is 8.14. The molecule has 8 heteroatoms. The van der Waals surface area contributed by atoms with Crippen LogP contribution in [0, 0.1) is 4.91 Å². The molecule has 0 spiro atoms. The molecule has 1 aromatic heterocycles. The zero-order valence-electron chi connectivity index (χ0n) is 14.6. The maximum Gasteiger partial charge on any atom is 0.307 e. The van der Waals surface area contributed by atoms with Crippen molar-refractivity contribution in [2.75, 3.05) is 30.4 Å². The number of nitrogens with zero attached hydrogens (tertiary/aromatic N) is 3. The van der Waals surface area contributed by atoms with Gasteiger partial charge in [-0.1, -0.05) is 6.07 Å². The summed E-state index contributed by atoms with van der Waals surface area (Å²) in [6.45, 7) is 2.10. The van der Waals surface area contributed by atoms with E-state index in [4.69, 9.17) is 4.74 Å². The minimum Gasteiger partial charge on any atom is -0.466 e. The van der Waals surface area contributed by atoms with E-state index in [1.54, 1.807) is 50.5 Å². The number of carbonyl (C=O) groups is 2. The fraction of sp³-hybridized carbons (Fsp3) is 0.278. The second-order valence-electron chi connectivity index (χ2n) is 5.27. The molecule has 0 aliphatic heterocycles. The zero-order valence-corrected chi connectivity index (χ0v) is 14.6. The standard InChI is InChI=1S/C18H20N4O4/c1-3-26-17(23)9-11-22(16-6-4-5-10-20-16)18(24)13-7-8-14(19-2)15(12-13)21-25/h4-8,10,12,19H,3,9,11H2,1-2H3. The lowest BCUT2D eigenvalue weighted by Gasteiger charge is -2.21. The summed E-state index contributed by atoms with van der Waals surface area (Å²) in [5.74, 6) is -0.386. The van der Waals surface area contributed by atoms with E-state index in [1.165, 1.54) is 11.0 Å². The number of hydrogen-bond donors (Lipinski definition) is 1. The average molecular weight is 356 g/mol. The first-order valence-corrected chi connectivity index (χ1v) is 8.14. The van der Waals surface area contributed by atoms with Crippen molar-refractivity contribution in [3.8, 4) is 0 Å². The molecule has 26 heavy (non-hydrogen) atoms. The minimum absolute atomic E-state index is 0.0313. The Bertz CT molecular complexity index is 780. The third-order valence-corrected chi connectivity index (χ3v) is 3.63. The van der Waals surface area contributed by atoms with Gasteiger partial charge in [0.05, 0.1) is 18.7 Å². The van der Waals surface area contributed by atoms with Crippen molar-refractivity contribution in [3.05, 3.63) is 53.1 Å². The number of hydrogen-bond acceptors (Lipinski definition) is 7. The number of nitroso groups, excluding NO2 is 1. The summed E-state index contributed by atoms with van der Waals surface area (Å²) >= 11 is 0. The Labute approximate surface area is 151 Å². The molecule has 1 N–H and O–H groups in total. The number of anilines is 2. The highest BCUT2D eigenvalue weighted by Gasteiger charge is 2.21. The Balaban J connectivity index is 2.30. The van der Waals surface area contributed by atoms with E-state index in [0.29, 0.717) is 11.5 Å². The first-order chi connectivity index (χ1) is 12.6. The van der Waals surface area contributed by atoms with Gasteiger partial charge < -0.3 is 10.1 Å². The van der Waals surface area contributed by atoms with Gasteiger partial charge in [0.25, 0.3) is 5.91 Å². The lowest BCUT2D eigenvalue weighted by atomic mass is 10.1. The molecule has 0 fully saturated rings. The predicted octanol–water partition coefficient (Wildman–Crippen LogP) is 3.12. The normalized spacial score (nSPS) is 10.1. The molecule has 0 bridgehead atoms. The summed E-state index contributed by atoms with van der Waals surface area (Å²) in [7, 11) is 1.66. The molecule has 0 saturated carbocycles. The lowest BCUT2D eigenvalue weighted by Crippen LogP contribution is -2.34. The first kappa shape index (κ1) is 19.0. The number of pyridine rings is 1. The van der Waals surface area contributed by atoms with Crippen molar-refractivity contribution >= 4 is 29.1 Å². The van der Waals surface area contributed by atoms with E-state index >= 15 is 0 Å². The Morgan fingerprint density at radius 2 is 2.08 bits per heavy atom. The topological polar surface area (TPSA) is 101 Å². The van der Waals surface area contributed by atoms with Gasteiger partial charge in [0.2, 0.25) is 0 Å². The van der Waals surface area contributed by atoms with Gasteiger partial charge in [-0.25, -0.2) is 4.98 Å². The van der Waals surface area contributed by atoms with Gasteiger partial charge in [-0.3, -0.25) is 14.5 Å². The molecule has 2 aromatic rings.